The zero-order valence-corrected chi connectivity index (χ0v) is 16.4. The molecule has 0 aliphatic carbocycles. The lowest BCUT2D eigenvalue weighted by Gasteiger charge is -2.28. The number of aromatic nitrogens is 1. The number of nitrogens with two attached hydrogens (primary N) is 1. The molecule has 1 amide bonds. The van der Waals surface area contributed by atoms with E-state index in [1.54, 1.807) is 0 Å². The number of carbonyl (C=O) groups is 1. The molecule has 28 heavy (non-hydrogen) atoms. The van der Waals surface area contributed by atoms with Gasteiger partial charge in [0.2, 0.25) is 5.91 Å². The van der Waals surface area contributed by atoms with Crippen molar-refractivity contribution in [2.24, 2.45) is 5.73 Å². The molecule has 144 valence electrons. The summed E-state index contributed by atoms with van der Waals surface area (Å²) in [6.07, 6.45) is 0.898. The lowest BCUT2D eigenvalue weighted by molar-refractivity contribution is -0.117. The van der Waals surface area contributed by atoms with Crippen molar-refractivity contribution >= 4 is 34.2 Å². The molecule has 1 aliphatic heterocycles. The summed E-state index contributed by atoms with van der Waals surface area (Å²) in [6, 6.07) is 16.1. The summed E-state index contributed by atoms with van der Waals surface area (Å²) < 4.78 is 0. The van der Waals surface area contributed by atoms with Gasteiger partial charge in [-0.1, -0.05) is 35.9 Å². The highest BCUT2D eigenvalue weighted by molar-refractivity contribution is 6.35. The Morgan fingerprint density at radius 3 is 2.68 bits per heavy atom. The Kier molecular flexibility index (Phi) is 5.46. The number of hydrogen-bond donors (Lipinski definition) is 2. The first-order valence-electron chi connectivity index (χ1n) is 9.55. The van der Waals surface area contributed by atoms with Gasteiger partial charge < -0.3 is 16.0 Å². The Balaban J connectivity index is 1.79. The fourth-order valence-electron chi connectivity index (χ4n) is 3.75. The first-order chi connectivity index (χ1) is 13.6. The van der Waals surface area contributed by atoms with Crippen LogP contribution in [0.1, 0.15) is 12.0 Å². The van der Waals surface area contributed by atoms with Crippen LogP contribution in [0.3, 0.4) is 0 Å². The highest BCUT2D eigenvalue weighted by Gasteiger charge is 2.16. The molecule has 0 spiro atoms. The number of anilines is 1. The number of halogens is 1. The molecule has 0 atom stereocenters. The van der Waals surface area contributed by atoms with Crippen LogP contribution in [0.25, 0.3) is 22.0 Å². The van der Waals surface area contributed by atoms with E-state index in [9.17, 15) is 4.79 Å². The molecule has 1 aliphatic rings. The van der Waals surface area contributed by atoms with Crippen LogP contribution < -0.4 is 16.0 Å². The zero-order valence-electron chi connectivity index (χ0n) is 15.6. The largest absolute Gasteiger partial charge is 0.370 e. The van der Waals surface area contributed by atoms with E-state index in [2.05, 4.69) is 22.3 Å². The average Bonchev–Trinajstić information content (AvgIpc) is 2.73. The molecule has 3 N–H and O–H groups in total. The van der Waals surface area contributed by atoms with Crippen molar-refractivity contribution in [1.82, 2.24) is 10.3 Å². The minimum absolute atomic E-state index is 0.304. The standard InChI is InChI=1S/C22H23ClN4O/c23-18-7-8-19-17(6-10-21(26-19)27-13-11-25-12-14-27)22(18)16-4-2-1-3-15(16)5-9-20(24)28/h1-4,6-8,10,25H,5,9,11-14H2,(H2,24,28). The highest BCUT2D eigenvalue weighted by Crippen LogP contribution is 2.37. The van der Waals surface area contributed by atoms with E-state index < -0.39 is 0 Å². The second-order valence-corrected chi connectivity index (χ2v) is 7.43. The third kappa shape index (κ3) is 3.81. The number of piperazine rings is 1. The second kappa shape index (κ2) is 8.17. The Hall–Kier alpha value is -2.63. The monoisotopic (exact) mass is 394 g/mol. The molecule has 2 aromatic carbocycles. The number of fused-ring (bicyclic) bond motifs is 1. The molecule has 3 aromatic rings. The van der Waals surface area contributed by atoms with Crippen LogP contribution in [-0.2, 0) is 11.2 Å². The number of rotatable bonds is 5. The summed E-state index contributed by atoms with van der Waals surface area (Å²) in [5.41, 5.74) is 9.31. The summed E-state index contributed by atoms with van der Waals surface area (Å²) in [4.78, 5) is 18.5. The summed E-state index contributed by atoms with van der Waals surface area (Å²) in [5.74, 6) is 0.686. The van der Waals surface area contributed by atoms with Gasteiger partial charge >= 0.3 is 0 Å². The van der Waals surface area contributed by atoms with Crippen molar-refractivity contribution in [2.75, 3.05) is 31.1 Å². The minimum atomic E-state index is -0.304. The van der Waals surface area contributed by atoms with E-state index in [1.165, 1.54) is 0 Å². The Morgan fingerprint density at radius 1 is 1.11 bits per heavy atom. The molecule has 0 radical (unpaired) electrons. The van der Waals surface area contributed by atoms with E-state index in [1.807, 2.05) is 36.4 Å². The number of pyridine rings is 1. The maximum Gasteiger partial charge on any atom is 0.217 e. The summed E-state index contributed by atoms with van der Waals surface area (Å²) >= 11 is 6.62. The third-order valence-electron chi connectivity index (χ3n) is 5.17. The quantitative estimate of drug-likeness (QED) is 0.695. The SMILES string of the molecule is NC(=O)CCc1ccccc1-c1c(Cl)ccc2nc(N3CCNCC3)ccc12. The maximum absolute atomic E-state index is 11.3. The molecule has 1 fully saturated rings. The molecule has 2 heterocycles. The molecular formula is C22H23ClN4O. The number of amides is 1. The number of hydrogen-bond acceptors (Lipinski definition) is 4. The van der Waals surface area contributed by atoms with Gasteiger partial charge in [-0.2, -0.15) is 0 Å². The van der Waals surface area contributed by atoms with Crippen LogP contribution in [0, 0.1) is 0 Å². The normalized spacial score (nSPS) is 14.4. The molecule has 0 unspecified atom stereocenters. The van der Waals surface area contributed by atoms with E-state index in [0.717, 1.165) is 59.6 Å². The van der Waals surface area contributed by atoms with Crippen LogP contribution in [0.2, 0.25) is 5.02 Å². The minimum Gasteiger partial charge on any atom is -0.370 e. The van der Waals surface area contributed by atoms with Gasteiger partial charge in [-0.3, -0.25) is 4.79 Å². The van der Waals surface area contributed by atoms with Crippen molar-refractivity contribution < 1.29 is 4.79 Å². The van der Waals surface area contributed by atoms with Crippen LogP contribution in [0.5, 0.6) is 0 Å². The van der Waals surface area contributed by atoms with Gasteiger partial charge in [0.25, 0.3) is 0 Å². The molecule has 1 aromatic heterocycles. The molecule has 0 bridgehead atoms. The van der Waals surface area contributed by atoms with E-state index >= 15 is 0 Å². The van der Waals surface area contributed by atoms with Crippen molar-refractivity contribution in [3.8, 4) is 11.1 Å². The van der Waals surface area contributed by atoms with Gasteiger partial charge in [-0.25, -0.2) is 4.98 Å². The van der Waals surface area contributed by atoms with Crippen LogP contribution >= 0.6 is 11.6 Å². The van der Waals surface area contributed by atoms with Gasteiger partial charge in [0, 0.05) is 48.6 Å². The first kappa shape index (κ1) is 18.7. The Bertz CT molecular complexity index is 1010. The lowest BCUT2D eigenvalue weighted by atomic mass is 9.93. The molecule has 5 nitrogen and oxygen atoms in total. The van der Waals surface area contributed by atoms with Gasteiger partial charge in [-0.05, 0) is 41.8 Å². The highest BCUT2D eigenvalue weighted by atomic mass is 35.5. The van der Waals surface area contributed by atoms with Crippen LogP contribution in [-0.4, -0.2) is 37.1 Å². The van der Waals surface area contributed by atoms with E-state index in [-0.39, 0.29) is 5.91 Å². The topological polar surface area (TPSA) is 71.2 Å². The average molecular weight is 395 g/mol. The molecule has 1 saturated heterocycles. The van der Waals surface area contributed by atoms with E-state index in [0.29, 0.717) is 17.9 Å². The van der Waals surface area contributed by atoms with Gasteiger partial charge in [-0.15, -0.1) is 0 Å². The van der Waals surface area contributed by atoms with Crippen molar-refractivity contribution in [3.63, 3.8) is 0 Å². The predicted molar refractivity (Wildman–Crippen MR) is 115 cm³/mol. The van der Waals surface area contributed by atoms with Gasteiger partial charge in [0.05, 0.1) is 5.52 Å². The molecular weight excluding hydrogens is 372 g/mol. The van der Waals surface area contributed by atoms with Crippen molar-refractivity contribution in [3.05, 3.63) is 59.1 Å². The number of benzene rings is 2. The molecule has 0 saturated carbocycles. The van der Waals surface area contributed by atoms with Crippen LogP contribution in [0.4, 0.5) is 5.82 Å². The number of primary amides is 1. The number of carbonyl (C=O) groups excluding carboxylic acids is 1. The lowest BCUT2D eigenvalue weighted by Crippen LogP contribution is -2.43. The number of nitrogens with one attached hydrogen (secondary N) is 1. The third-order valence-corrected chi connectivity index (χ3v) is 5.49. The summed E-state index contributed by atoms with van der Waals surface area (Å²) in [7, 11) is 0. The maximum atomic E-state index is 11.3. The zero-order chi connectivity index (χ0) is 19.5. The van der Waals surface area contributed by atoms with Crippen molar-refractivity contribution in [2.45, 2.75) is 12.8 Å². The smallest absolute Gasteiger partial charge is 0.217 e. The van der Waals surface area contributed by atoms with Gasteiger partial charge in [0.15, 0.2) is 0 Å². The van der Waals surface area contributed by atoms with Crippen LogP contribution in [0.15, 0.2) is 48.5 Å². The van der Waals surface area contributed by atoms with Gasteiger partial charge in [0.1, 0.15) is 5.82 Å². The first-order valence-corrected chi connectivity index (χ1v) is 9.93. The summed E-state index contributed by atoms with van der Waals surface area (Å²) in [5, 5.41) is 5.05. The summed E-state index contributed by atoms with van der Waals surface area (Å²) in [6.45, 7) is 3.85. The molecule has 4 rings (SSSR count). The van der Waals surface area contributed by atoms with E-state index in [4.69, 9.17) is 22.3 Å². The van der Waals surface area contributed by atoms with Crippen molar-refractivity contribution in [1.29, 1.82) is 0 Å². The number of aryl methyl sites for hydroxylation is 1. The fourth-order valence-corrected chi connectivity index (χ4v) is 4.02. The Morgan fingerprint density at radius 2 is 1.89 bits per heavy atom. The second-order valence-electron chi connectivity index (χ2n) is 7.02. The number of nitrogens with zero attached hydrogens (tertiary/aromatic N) is 2. The molecule has 6 heteroatoms. The fraction of sp³-hybridized carbons (Fsp3) is 0.273. The predicted octanol–water partition coefficient (Wildman–Crippen LogP) is 3.38. The Labute approximate surface area is 169 Å².